The third-order valence-corrected chi connectivity index (χ3v) is 8.48. The lowest BCUT2D eigenvalue weighted by Crippen LogP contribution is -2.39. The van der Waals surface area contributed by atoms with Crippen LogP contribution >= 0.6 is 0 Å². The number of amides is 1. The van der Waals surface area contributed by atoms with Gasteiger partial charge in [0.05, 0.1) is 11.0 Å². The molecule has 0 spiro atoms. The van der Waals surface area contributed by atoms with Crippen molar-refractivity contribution in [1.29, 1.82) is 0 Å². The van der Waals surface area contributed by atoms with Crippen molar-refractivity contribution in [3.63, 3.8) is 0 Å². The number of hydrogen-bond acceptors (Lipinski definition) is 3. The molecule has 1 saturated carbocycles. The fraction of sp³-hybridized carbons (Fsp3) is 0.667. The second kappa shape index (κ2) is 8.29. The van der Waals surface area contributed by atoms with Crippen LogP contribution in [0.1, 0.15) is 56.8 Å². The first-order valence-electron chi connectivity index (χ1n) is 10.0. The summed E-state index contributed by atoms with van der Waals surface area (Å²) in [6.45, 7) is 5.06. The molecule has 6 heteroatoms. The maximum Gasteiger partial charge on any atom is 0.225 e. The lowest BCUT2D eigenvalue weighted by molar-refractivity contribution is -0.136. The van der Waals surface area contributed by atoms with Crippen molar-refractivity contribution in [3.8, 4) is 0 Å². The highest BCUT2D eigenvalue weighted by Gasteiger charge is 2.36. The van der Waals surface area contributed by atoms with Gasteiger partial charge in [0.25, 0.3) is 0 Å². The fourth-order valence-corrected chi connectivity index (χ4v) is 6.34. The number of benzene rings is 1. The molecule has 3 rings (SSSR count). The van der Waals surface area contributed by atoms with Gasteiger partial charge in [-0.3, -0.25) is 4.79 Å². The quantitative estimate of drug-likeness (QED) is 0.778. The Morgan fingerprint density at radius 1 is 1.07 bits per heavy atom. The first kappa shape index (κ1) is 20.3. The number of hydrogen-bond donors (Lipinski definition) is 0. The molecule has 27 heavy (non-hydrogen) atoms. The highest BCUT2D eigenvalue weighted by molar-refractivity contribution is 7.91. The minimum Gasteiger partial charge on any atom is -0.341 e. The van der Waals surface area contributed by atoms with Gasteiger partial charge in [-0.1, -0.05) is 32.0 Å². The second-order valence-corrected chi connectivity index (χ2v) is 10.6. The minimum atomic E-state index is -3.49. The smallest absolute Gasteiger partial charge is 0.225 e. The summed E-state index contributed by atoms with van der Waals surface area (Å²) in [6, 6.07) is 6.06. The molecule has 1 unspecified atom stereocenters. The van der Waals surface area contributed by atoms with Gasteiger partial charge in [-0.2, -0.15) is 0 Å². The fourth-order valence-electron chi connectivity index (χ4n) is 4.54. The number of carbonyl (C=O) groups excluding carboxylic acids is 1. The van der Waals surface area contributed by atoms with E-state index in [1.807, 2.05) is 0 Å². The molecule has 1 aromatic carbocycles. The highest BCUT2D eigenvalue weighted by Crippen LogP contribution is 2.36. The molecule has 1 atom stereocenters. The van der Waals surface area contributed by atoms with Crippen LogP contribution in [-0.2, 0) is 14.6 Å². The van der Waals surface area contributed by atoms with Crippen molar-refractivity contribution < 1.29 is 17.6 Å². The molecule has 2 aliphatic rings. The molecule has 0 radical (unpaired) electrons. The average Bonchev–Trinajstić information content (AvgIpc) is 2.80. The molecule has 0 bridgehead atoms. The summed E-state index contributed by atoms with van der Waals surface area (Å²) in [5, 5.41) is -0.867. The summed E-state index contributed by atoms with van der Waals surface area (Å²) >= 11 is 0. The van der Waals surface area contributed by atoms with Gasteiger partial charge >= 0.3 is 0 Å². The summed E-state index contributed by atoms with van der Waals surface area (Å²) in [5.41, 5.74) is 0.226. The van der Waals surface area contributed by atoms with Crippen molar-refractivity contribution in [1.82, 2.24) is 4.90 Å². The highest BCUT2D eigenvalue weighted by atomic mass is 32.2. The van der Waals surface area contributed by atoms with Crippen LogP contribution in [0.5, 0.6) is 0 Å². The molecule has 2 fully saturated rings. The number of sulfone groups is 1. The van der Waals surface area contributed by atoms with E-state index in [0.717, 1.165) is 25.7 Å². The van der Waals surface area contributed by atoms with E-state index in [2.05, 4.69) is 13.8 Å². The van der Waals surface area contributed by atoms with Crippen molar-refractivity contribution in [2.75, 3.05) is 18.8 Å². The second-order valence-electron chi connectivity index (χ2n) is 8.35. The first-order valence-corrected chi connectivity index (χ1v) is 11.8. The zero-order valence-corrected chi connectivity index (χ0v) is 17.1. The zero-order valence-electron chi connectivity index (χ0n) is 16.2. The Kier molecular flexibility index (Phi) is 6.24. The Morgan fingerprint density at radius 3 is 2.37 bits per heavy atom. The van der Waals surface area contributed by atoms with E-state index in [1.54, 1.807) is 23.1 Å². The molecule has 0 N–H and O–H groups in total. The molecular weight excluding hydrogens is 365 g/mol. The molecule has 1 saturated heterocycles. The Hall–Kier alpha value is -1.43. The Bertz CT molecular complexity index is 769. The molecule has 150 valence electrons. The monoisotopic (exact) mass is 395 g/mol. The SMILES string of the molecule is CC(C)C1CCC(C(=O)N2CCC(c3ccccc3F)S(=O)(=O)CC2)CC1. The van der Waals surface area contributed by atoms with Crippen molar-refractivity contribution >= 4 is 15.7 Å². The van der Waals surface area contributed by atoms with Gasteiger partial charge in [0.1, 0.15) is 5.82 Å². The van der Waals surface area contributed by atoms with E-state index in [9.17, 15) is 17.6 Å². The molecule has 1 aromatic rings. The lowest BCUT2D eigenvalue weighted by atomic mass is 9.76. The van der Waals surface area contributed by atoms with Crippen LogP contribution in [0, 0.1) is 23.6 Å². The van der Waals surface area contributed by atoms with Crippen LogP contribution in [0.4, 0.5) is 4.39 Å². The largest absolute Gasteiger partial charge is 0.341 e. The lowest BCUT2D eigenvalue weighted by Gasteiger charge is -2.33. The van der Waals surface area contributed by atoms with Crippen LogP contribution in [0.3, 0.4) is 0 Å². The predicted molar refractivity (Wildman–Crippen MR) is 104 cm³/mol. The maximum absolute atomic E-state index is 14.2. The molecule has 1 aliphatic heterocycles. The molecule has 1 aliphatic carbocycles. The minimum absolute atomic E-state index is 0.00714. The van der Waals surface area contributed by atoms with E-state index in [-0.39, 0.29) is 36.1 Å². The van der Waals surface area contributed by atoms with E-state index >= 15 is 0 Å². The van der Waals surface area contributed by atoms with Crippen LogP contribution in [0.25, 0.3) is 0 Å². The number of rotatable bonds is 3. The van der Waals surface area contributed by atoms with Crippen molar-refractivity contribution in [3.05, 3.63) is 35.6 Å². The third kappa shape index (κ3) is 4.53. The number of carbonyl (C=O) groups is 1. The number of nitrogens with zero attached hydrogens (tertiary/aromatic N) is 1. The molecule has 1 amide bonds. The predicted octanol–water partition coefficient (Wildman–Crippen LogP) is 3.98. The Labute approximate surface area is 162 Å². The summed E-state index contributed by atoms with van der Waals surface area (Å²) in [4.78, 5) is 14.7. The standard InChI is InChI=1S/C21H30FNO3S/c1-15(2)16-7-9-17(10-8-16)21(24)23-12-11-20(27(25,26)14-13-23)18-5-3-4-6-19(18)22/h3-6,15-17,20H,7-14H2,1-2H3. The molecule has 4 nitrogen and oxygen atoms in total. The van der Waals surface area contributed by atoms with Crippen molar-refractivity contribution in [2.45, 2.75) is 51.2 Å². The van der Waals surface area contributed by atoms with Crippen molar-refractivity contribution in [2.24, 2.45) is 17.8 Å². The first-order chi connectivity index (χ1) is 12.8. The van der Waals surface area contributed by atoms with Crippen LogP contribution in [-0.4, -0.2) is 38.1 Å². The Balaban J connectivity index is 1.69. The van der Waals surface area contributed by atoms with Gasteiger partial charge in [-0.25, -0.2) is 12.8 Å². The van der Waals surface area contributed by atoms with E-state index in [4.69, 9.17) is 0 Å². The summed E-state index contributed by atoms with van der Waals surface area (Å²) in [7, 11) is -3.49. The van der Waals surface area contributed by atoms with E-state index in [0.29, 0.717) is 18.4 Å². The normalized spacial score (nSPS) is 28.7. The van der Waals surface area contributed by atoms with E-state index in [1.165, 1.54) is 6.07 Å². The summed E-state index contributed by atoms with van der Waals surface area (Å²) in [6.07, 6.45) is 4.18. The average molecular weight is 396 g/mol. The van der Waals surface area contributed by atoms with E-state index < -0.39 is 20.9 Å². The molecule has 1 heterocycles. The van der Waals surface area contributed by atoms with Gasteiger partial charge in [0.2, 0.25) is 5.91 Å². The summed E-state index contributed by atoms with van der Waals surface area (Å²) < 4.78 is 39.6. The number of halogens is 1. The summed E-state index contributed by atoms with van der Waals surface area (Å²) in [5.74, 6) is 0.834. The van der Waals surface area contributed by atoms with Gasteiger partial charge in [0.15, 0.2) is 9.84 Å². The molecular formula is C21H30FNO3S. The van der Waals surface area contributed by atoms with Gasteiger partial charge < -0.3 is 4.90 Å². The van der Waals surface area contributed by atoms with Gasteiger partial charge in [0, 0.05) is 24.6 Å². The third-order valence-electron chi connectivity index (χ3n) is 6.37. The maximum atomic E-state index is 14.2. The topological polar surface area (TPSA) is 54.5 Å². The van der Waals surface area contributed by atoms with Crippen LogP contribution in [0.2, 0.25) is 0 Å². The Morgan fingerprint density at radius 2 is 1.74 bits per heavy atom. The zero-order chi connectivity index (χ0) is 19.6. The van der Waals surface area contributed by atoms with Gasteiger partial charge in [-0.05, 0) is 50.0 Å². The van der Waals surface area contributed by atoms with Gasteiger partial charge in [-0.15, -0.1) is 0 Å². The van der Waals surface area contributed by atoms with Crippen LogP contribution < -0.4 is 0 Å². The molecule has 0 aromatic heterocycles. The van der Waals surface area contributed by atoms with Crippen LogP contribution in [0.15, 0.2) is 24.3 Å².